The van der Waals surface area contributed by atoms with E-state index in [9.17, 15) is 27.4 Å². The van der Waals surface area contributed by atoms with Crippen LogP contribution in [0.5, 0.6) is 0 Å². The third-order valence-corrected chi connectivity index (χ3v) is 8.95. The standard InChI is InChI=1S/C17H17O2S.C6H9IO2.C6H6O3S.C4H5ClO.C2H5IO.CH4/c1-14(2)17(18)19-13-20(15-9-5-3-6-10-15)16-11-7-4-8-12-16;1-5(2)6(8)9-4-3-7;7-10(8,9)6-4-2-1-3-5-6;1-3(2)4(5)6;3-1-2-4;/h3-12H,1,13H2,2H3;1,3-4H2,2H3;1-5H,(H,7,8,9);1H2,2H3;4H,1-2H2;1H4/q+1;;;;;/p-1. The summed E-state index contributed by atoms with van der Waals surface area (Å²) in [5, 5.41) is 7.40. The fourth-order valence-electron chi connectivity index (χ4n) is 2.52. The number of alkyl halides is 2. The summed E-state index contributed by atoms with van der Waals surface area (Å²) in [6.07, 6.45) is 0. The Morgan fingerprint density at radius 2 is 1.08 bits per heavy atom. The maximum absolute atomic E-state index is 11.6. The minimum Gasteiger partial charge on any atom is -0.744 e. The summed E-state index contributed by atoms with van der Waals surface area (Å²) >= 11 is 9.11. The normalized spacial score (nSPS) is 9.46. The van der Waals surface area contributed by atoms with E-state index in [-0.39, 0.29) is 35.2 Å². The number of rotatable bonds is 11. The highest BCUT2D eigenvalue weighted by Crippen LogP contribution is 2.23. The lowest BCUT2D eigenvalue weighted by Crippen LogP contribution is -2.16. The maximum Gasteiger partial charge on any atom is 0.336 e. The Morgan fingerprint density at radius 1 is 0.740 bits per heavy atom. The van der Waals surface area contributed by atoms with Crippen molar-refractivity contribution in [1.82, 2.24) is 0 Å². The highest BCUT2D eigenvalue weighted by molar-refractivity contribution is 14.1. The molecule has 0 aliphatic rings. The molecule has 0 saturated heterocycles. The Morgan fingerprint density at radius 3 is 1.34 bits per heavy atom. The summed E-state index contributed by atoms with van der Waals surface area (Å²) in [5.74, 6) is -0.291. The van der Waals surface area contributed by atoms with Crippen LogP contribution in [0.1, 0.15) is 28.2 Å². The molecule has 9 nitrogen and oxygen atoms in total. The van der Waals surface area contributed by atoms with Gasteiger partial charge in [0.15, 0.2) is 9.79 Å². The fourth-order valence-corrected chi connectivity index (χ4v) is 4.97. The van der Waals surface area contributed by atoms with Crippen LogP contribution >= 0.6 is 56.8 Å². The molecule has 0 saturated carbocycles. The number of ether oxygens (including phenoxy) is 2. The minimum atomic E-state index is -4.25. The van der Waals surface area contributed by atoms with Gasteiger partial charge in [0, 0.05) is 25.6 Å². The largest absolute Gasteiger partial charge is 0.744 e. The van der Waals surface area contributed by atoms with Gasteiger partial charge in [-0.3, -0.25) is 4.79 Å². The molecule has 0 heterocycles. The first-order valence-electron chi connectivity index (χ1n) is 14.1. The van der Waals surface area contributed by atoms with Gasteiger partial charge in [0.25, 0.3) is 5.94 Å². The van der Waals surface area contributed by atoms with Crippen molar-refractivity contribution in [1.29, 1.82) is 0 Å². The van der Waals surface area contributed by atoms with Gasteiger partial charge < -0.3 is 19.1 Å². The topological polar surface area (TPSA) is 147 Å². The van der Waals surface area contributed by atoms with Gasteiger partial charge in [-0.05, 0) is 68.8 Å². The van der Waals surface area contributed by atoms with Crippen molar-refractivity contribution >= 4 is 95.0 Å². The number of hydrogen-bond donors (Lipinski definition) is 1. The number of benzene rings is 3. The molecule has 14 heteroatoms. The van der Waals surface area contributed by atoms with Crippen LogP contribution in [0.15, 0.2) is 142 Å². The van der Waals surface area contributed by atoms with E-state index >= 15 is 0 Å². The third-order valence-electron chi connectivity index (χ3n) is 4.82. The summed E-state index contributed by atoms with van der Waals surface area (Å²) in [6, 6.07) is 27.4. The van der Waals surface area contributed by atoms with Gasteiger partial charge >= 0.3 is 11.9 Å². The molecule has 1 N–H and O–H groups in total. The van der Waals surface area contributed by atoms with Crippen LogP contribution in [-0.4, -0.2) is 63.3 Å². The van der Waals surface area contributed by atoms with E-state index in [2.05, 4.69) is 89.2 Å². The molecule has 0 bridgehead atoms. The monoisotopic (exact) mass is 974 g/mol. The first-order chi connectivity index (χ1) is 23.0. The predicted molar refractivity (Wildman–Crippen MR) is 220 cm³/mol. The van der Waals surface area contributed by atoms with Crippen molar-refractivity contribution < 1.29 is 41.9 Å². The second-order valence-corrected chi connectivity index (χ2v) is 15.0. The molecule has 0 spiro atoms. The molecule has 0 aliphatic carbocycles. The molecule has 0 atom stereocenters. The first kappa shape index (κ1) is 51.8. The highest BCUT2D eigenvalue weighted by atomic mass is 127. The number of carbonyl (C=O) groups excluding carboxylic acids is 3. The maximum atomic E-state index is 11.6. The van der Waals surface area contributed by atoms with Gasteiger partial charge in [0.2, 0.25) is 5.24 Å². The number of carbonyl (C=O) groups is 3. The lowest BCUT2D eigenvalue weighted by atomic mass is 10.4. The van der Waals surface area contributed by atoms with Crippen LogP contribution in [0.4, 0.5) is 0 Å². The molecule has 3 rings (SSSR count). The van der Waals surface area contributed by atoms with Gasteiger partial charge in [-0.1, -0.05) is 127 Å². The van der Waals surface area contributed by atoms with Crippen molar-refractivity contribution in [2.45, 2.75) is 42.9 Å². The Balaban J connectivity index is -0.000000622. The van der Waals surface area contributed by atoms with Crippen LogP contribution in [0, 0.1) is 0 Å². The van der Waals surface area contributed by atoms with Crippen molar-refractivity contribution in [3.05, 3.63) is 127 Å². The highest BCUT2D eigenvalue weighted by Gasteiger charge is 2.26. The lowest BCUT2D eigenvalue weighted by Gasteiger charge is -2.08. The Bertz CT molecular complexity index is 1490. The van der Waals surface area contributed by atoms with Gasteiger partial charge in [-0.25, -0.2) is 18.0 Å². The van der Waals surface area contributed by atoms with E-state index in [0.717, 1.165) is 18.6 Å². The minimum absolute atomic E-state index is 0. The van der Waals surface area contributed by atoms with E-state index in [1.165, 1.54) is 24.3 Å². The summed E-state index contributed by atoms with van der Waals surface area (Å²) in [7, 11) is -4.53. The molecule has 0 unspecified atom stereocenters. The van der Waals surface area contributed by atoms with E-state index in [4.69, 9.17) is 26.2 Å². The summed E-state index contributed by atoms with van der Waals surface area (Å²) in [6.45, 7) is 16.0. The zero-order valence-corrected chi connectivity index (χ0v) is 34.2. The van der Waals surface area contributed by atoms with Gasteiger partial charge in [-0.2, -0.15) is 0 Å². The van der Waals surface area contributed by atoms with E-state index in [0.29, 0.717) is 35.9 Å². The molecule has 3 aromatic carbocycles. The second-order valence-electron chi connectivity index (χ2n) is 9.19. The predicted octanol–water partition coefficient (Wildman–Crippen LogP) is 8.31. The molecular formula is C36H45ClI2O9S2. The number of aliphatic hydroxyl groups is 1. The third kappa shape index (κ3) is 27.2. The molecule has 276 valence electrons. The lowest BCUT2D eigenvalue weighted by molar-refractivity contribution is -0.138. The molecule has 0 fully saturated rings. The number of hydrogen-bond acceptors (Lipinski definition) is 9. The molecule has 50 heavy (non-hydrogen) atoms. The molecule has 0 amide bonds. The average Bonchev–Trinajstić information content (AvgIpc) is 3.09. The summed E-state index contributed by atoms with van der Waals surface area (Å²) in [5.41, 5.74) is 1.27. The smallest absolute Gasteiger partial charge is 0.336 e. The van der Waals surface area contributed by atoms with Crippen LogP contribution in [0.3, 0.4) is 0 Å². The van der Waals surface area contributed by atoms with Crippen molar-refractivity contribution in [2.24, 2.45) is 0 Å². The quantitative estimate of drug-likeness (QED) is 0.0381. The van der Waals surface area contributed by atoms with E-state index < -0.39 is 15.4 Å². The van der Waals surface area contributed by atoms with Crippen molar-refractivity contribution in [3.63, 3.8) is 0 Å². The van der Waals surface area contributed by atoms with Crippen LogP contribution < -0.4 is 0 Å². The number of aliphatic hydroxyl groups excluding tert-OH is 1. The van der Waals surface area contributed by atoms with Crippen LogP contribution in [0.25, 0.3) is 0 Å². The molecule has 3 aromatic rings. The van der Waals surface area contributed by atoms with Crippen molar-refractivity contribution in [2.75, 3.05) is 28.0 Å². The summed E-state index contributed by atoms with van der Waals surface area (Å²) in [4.78, 5) is 34.1. The van der Waals surface area contributed by atoms with Gasteiger partial charge in [0.05, 0.1) is 11.5 Å². The summed E-state index contributed by atoms with van der Waals surface area (Å²) < 4.78 is 42.6. The first-order valence-corrected chi connectivity index (χ1v) is 20.3. The Kier molecular flexibility index (Phi) is 32.4. The van der Waals surface area contributed by atoms with Gasteiger partial charge in [0.1, 0.15) is 27.6 Å². The Hall–Kier alpha value is -2.54. The molecule has 0 aliphatic heterocycles. The molecule has 0 radical (unpaired) electrons. The zero-order valence-electron chi connectivity index (χ0n) is 27.5. The number of halogens is 3. The average molecular weight is 975 g/mol. The van der Waals surface area contributed by atoms with E-state index in [1.54, 1.807) is 26.8 Å². The van der Waals surface area contributed by atoms with E-state index in [1.807, 2.05) is 36.4 Å². The fraction of sp³-hybridized carbons (Fsp3) is 0.250. The zero-order chi connectivity index (χ0) is 37.8. The number of esters is 2. The van der Waals surface area contributed by atoms with Crippen LogP contribution in [-0.2, 0) is 44.9 Å². The SMILES string of the molecule is C.C=C(C)C(=O)Cl.C=C(C)C(=O)OCCI.C=C(C)C(=O)OC[S+](c1ccccc1)c1ccccc1.O=S(=O)([O-])c1ccccc1.OCCI. The molecule has 0 aromatic heterocycles. The number of allylic oxidation sites excluding steroid dienone is 1. The van der Waals surface area contributed by atoms with Crippen molar-refractivity contribution in [3.8, 4) is 0 Å². The van der Waals surface area contributed by atoms with Crippen LogP contribution in [0.2, 0.25) is 0 Å². The second kappa shape index (κ2) is 31.2. The molecular weight excluding hydrogens is 930 g/mol. The van der Waals surface area contributed by atoms with Gasteiger partial charge in [-0.15, -0.1) is 0 Å². The Labute approximate surface area is 332 Å².